The molecule has 11 heteroatoms. The van der Waals surface area contributed by atoms with Crippen molar-refractivity contribution in [3.8, 4) is 11.5 Å². The Labute approximate surface area is 172 Å². The summed E-state index contributed by atoms with van der Waals surface area (Å²) < 4.78 is 48.9. The minimum Gasteiger partial charge on any atom is -0.493 e. The Morgan fingerprint density at radius 2 is 1.97 bits per heavy atom. The fourth-order valence-electron chi connectivity index (χ4n) is 2.40. The molecule has 0 aliphatic rings. The largest absolute Gasteiger partial charge is 0.493 e. The summed E-state index contributed by atoms with van der Waals surface area (Å²) in [6, 6.07) is 6.23. The first-order valence-electron chi connectivity index (χ1n) is 9.37. The number of aromatic nitrogens is 2. The molecule has 0 aliphatic heterocycles. The van der Waals surface area contributed by atoms with Crippen molar-refractivity contribution in [1.82, 2.24) is 15.3 Å². The fourth-order valence-corrected chi connectivity index (χ4v) is 2.40. The van der Waals surface area contributed by atoms with E-state index in [1.165, 1.54) is 0 Å². The van der Waals surface area contributed by atoms with E-state index in [0.717, 1.165) is 18.0 Å². The molecule has 164 valence electrons. The predicted molar refractivity (Wildman–Crippen MR) is 109 cm³/mol. The maximum absolute atomic E-state index is 12.7. The minimum atomic E-state index is -4.52. The lowest BCUT2D eigenvalue weighted by Gasteiger charge is -2.14. The highest BCUT2D eigenvalue weighted by atomic mass is 19.4. The van der Waals surface area contributed by atoms with E-state index in [9.17, 15) is 13.2 Å². The number of nitrogens with zero attached hydrogens (tertiary/aromatic N) is 3. The molecule has 0 amide bonds. The molecule has 0 saturated carbocycles. The van der Waals surface area contributed by atoms with Crippen LogP contribution in [0.15, 0.2) is 35.5 Å². The van der Waals surface area contributed by atoms with Crippen LogP contribution in [0.3, 0.4) is 0 Å². The Morgan fingerprint density at radius 1 is 1.17 bits per heavy atom. The van der Waals surface area contributed by atoms with Gasteiger partial charge in [0.05, 0.1) is 20.3 Å². The number of rotatable bonds is 9. The quantitative estimate of drug-likeness (QED) is 0.322. The lowest BCUT2D eigenvalue weighted by atomic mass is 10.2. The summed E-state index contributed by atoms with van der Waals surface area (Å²) in [5.74, 6) is 1.63. The third-order valence-corrected chi connectivity index (χ3v) is 3.68. The minimum absolute atomic E-state index is 0.103. The second kappa shape index (κ2) is 11.1. The zero-order valence-electron chi connectivity index (χ0n) is 17.0. The third-order valence-electron chi connectivity index (χ3n) is 3.68. The number of aliphatic imine (C=N–C) groups is 1. The van der Waals surface area contributed by atoms with Gasteiger partial charge in [-0.1, -0.05) is 0 Å². The molecule has 1 aromatic carbocycles. The molecule has 0 radical (unpaired) electrons. The molecule has 0 bridgehead atoms. The number of anilines is 2. The Balaban J connectivity index is 1.98. The summed E-state index contributed by atoms with van der Waals surface area (Å²) in [7, 11) is 1.56. The highest BCUT2D eigenvalue weighted by Gasteiger charge is 2.32. The molecule has 0 atom stereocenters. The SMILES string of the molecule is CCNC(=NCCNc1nccc(C(F)(F)F)n1)Nc1ccc(OCC)c(OC)c1. The first-order valence-corrected chi connectivity index (χ1v) is 9.37. The van der Waals surface area contributed by atoms with Crippen molar-refractivity contribution in [3.63, 3.8) is 0 Å². The molecule has 1 heterocycles. The third kappa shape index (κ3) is 6.98. The Hall–Kier alpha value is -3.24. The molecule has 0 aliphatic carbocycles. The van der Waals surface area contributed by atoms with Crippen LogP contribution in [0.2, 0.25) is 0 Å². The fraction of sp³-hybridized carbons (Fsp3) is 0.421. The van der Waals surface area contributed by atoms with Crippen LogP contribution >= 0.6 is 0 Å². The van der Waals surface area contributed by atoms with Crippen molar-refractivity contribution in [2.75, 3.05) is 44.0 Å². The van der Waals surface area contributed by atoms with Crippen LogP contribution in [0, 0.1) is 0 Å². The topological polar surface area (TPSA) is 92.7 Å². The lowest BCUT2D eigenvalue weighted by Crippen LogP contribution is -2.31. The van der Waals surface area contributed by atoms with Gasteiger partial charge in [-0.25, -0.2) is 9.97 Å². The van der Waals surface area contributed by atoms with E-state index in [0.29, 0.717) is 30.6 Å². The van der Waals surface area contributed by atoms with Gasteiger partial charge in [-0.2, -0.15) is 13.2 Å². The molecular formula is C19H25F3N6O2. The number of guanidine groups is 1. The predicted octanol–water partition coefficient (Wildman–Crippen LogP) is 3.39. The van der Waals surface area contributed by atoms with Gasteiger partial charge in [0, 0.05) is 31.0 Å². The van der Waals surface area contributed by atoms with E-state index in [1.54, 1.807) is 19.2 Å². The highest BCUT2D eigenvalue weighted by molar-refractivity contribution is 5.93. The first-order chi connectivity index (χ1) is 14.4. The van der Waals surface area contributed by atoms with E-state index in [-0.39, 0.29) is 19.0 Å². The van der Waals surface area contributed by atoms with E-state index >= 15 is 0 Å². The number of nitrogens with one attached hydrogen (secondary N) is 3. The molecule has 1 aromatic heterocycles. The second-order valence-electron chi connectivity index (χ2n) is 5.87. The summed E-state index contributed by atoms with van der Waals surface area (Å²) in [5.41, 5.74) is -0.257. The van der Waals surface area contributed by atoms with Gasteiger partial charge < -0.3 is 25.4 Å². The maximum Gasteiger partial charge on any atom is 0.433 e. The van der Waals surface area contributed by atoms with Gasteiger partial charge in [0.15, 0.2) is 17.5 Å². The maximum atomic E-state index is 12.7. The molecule has 0 unspecified atom stereocenters. The Bertz CT molecular complexity index is 845. The van der Waals surface area contributed by atoms with E-state index < -0.39 is 11.9 Å². The number of methoxy groups -OCH3 is 1. The number of alkyl halides is 3. The zero-order chi connectivity index (χ0) is 22.0. The van der Waals surface area contributed by atoms with Crippen LogP contribution in [0.25, 0.3) is 0 Å². The van der Waals surface area contributed by atoms with Gasteiger partial charge in [0.2, 0.25) is 5.95 Å². The summed E-state index contributed by atoms with van der Waals surface area (Å²) in [5, 5.41) is 8.98. The molecule has 30 heavy (non-hydrogen) atoms. The number of hydrogen-bond acceptors (Lipinski definition) is 6. The van der Waals surface area contributed by atoms with Gasteiger partial charge >= 0.3 is 6.18 Å². The molecular weight excluding hydrogens is 401 g/mol. The van der Waals surface area contributed by atoms with Crippen molar-refractivity contribution in [3.05, 3.63) is 36.2 Å². The van der Waals surface area contributed by atoms with E-state index in [4.69, 9.17) is 9.47 Å². The van der Waals surface area contributed by atoms with Gasteiger partial charge in [-0.05, 0) is 32.0 Å². The van der Waals surface area contributed by atoms with Crippen LogP contribution in [0.5, 0.6) is 11.5 Å². The van der Waals surface area contributed by atoms with E-state index in [1.807, 2.05) is 19.9 Å². The summed E-state index contributed by atoms with van der Waals surface area (Å²) in [4.78, 5) is 11.6. The number of hydrogen-bond donors (Lipinski definition) is 3. The molecule has 2 rings (SSSR count). The Kier molecular flexibility index (Phi) is 8.51. The van der Waals surface area contributed by atoms with Crippen LogP contribution in [-0.2, 0) is 6.18 Å². The molecule has 8 nitrogen and oxygen atoms in total. The number of ether oxygens (including phenoxy) is 2. The first kappa shape index (κ1) is 23.0. The molecule has 3 N–H and O–H groups in total. The molecule has 0 spiro atoms. The van der Waals surface area contributed by atoms with Crippen LogP contribution in [0.1, 0.15) is 19.5 Å². The van der Waals surface area contributed by atoms with Crippen molar-refractivity contribution in [2.24, 2.45) is 4.99 Å². The number of halogens is 3. The monoisotopic (exact) mass is 426 g/mol. The van der Waals surface area contributed by atoms with Crippen molar-refractivity contribution in [2.45, 2.75) is 20.0 Å². The Morgan fingerprint density at radius 3 is 2.63 bits per heavy atom. The zero-order valence-corrected chi connectivity index (χ0v) is 17.0. The summed E-state index contributed by atoms with van der Waals surface area (Å²) in [6.07, 6.45) is -3.45. The van der Waals surface area contributed by atoms with Crippen molar-refractivity contribution in [1.29, 1.82) is 0 Å². The summed E-state index contributed by atoms with van der Waals surface area (Å²) in [6.45, 7) is 5.50. The van der Waals surface area contributed by atoms with Crippen LogP contribution in [-0.4, -0.2) is 49.3 Å². The lowest BCUT2D eigenvalue weighted by molar-refractivity contribution is -0.141. The second-order valence-corrected chi connectivity index (χ2v) is 5.87. The normalized spacial score (nSPS) is 11.7. The van der Waals surface area contributed by atoms with Crippen LogP contribution < -0.4 is 25.4 Å². The van der Waals surface area contributed by atoms with Gasteiger partial charge in [-0.3, -0.25) is 4.99 Å². The highest BCUT2D eigenvalue weighted by Crippen LogP contribution is 2.30. The smallest absolute Gasteiger partial charge is 0.433 e. The molecule has 2 aromatic rings. The van der Waals surface area contributed by atoms with Gasteiger partial charge in [-0.15, -0.1) is 0 Å². The molecule has 0 fully saturated rings. The summed E-state index contributed by atoms with van der Waals surface area (Å²) >= 11 is 0. The van der Waals surface area contributed by atoms with E-state index in [2.05, 4.69) is 30.9 Å². The number of benzene rings is 1. The van der Waals surface area contributed by atoms with Crippen molar-refractivity contribution < 1.29 is 22.6 Å². The molecule has 0 saturated heterocycles. The van der Waals surface area contributed by atoms with Gasteiger partial charge in [0.25, 0.3) is 0 Å². The standard InChI is InChI=1S/C19H25F3N6O2/c1-4-23-17(27-13-6-7-14(30-5-2)15(12-13)29-3)25-10-11-26-18-24-9-8-16(28-18)19(20,21)22/h6-9,12H,4-5,10-11H2,1-3H3,(H2,23,25,27)(H,24,26,28). The van der Waals surface area contributed by atoms with Crippen molar-refractivity contribution >= 4 is 17.6 Å². The average Bonchev–Trinajstić information content (AvgIpc) is 2.72. The van der Waals surface area contributed by atoms with Gasteiger partial charge in [0.1, 0.15) is 5.69 Å². The average molecular weight is 426 g/mol. The van der Waals surface area contributed by atoms with Crippen LogP contribution in [0.4, 0.5) is 24.8 Å².